The third kappa shape index (κ3) is 2.14. The van der Waals surface area contributed by atoms with Crippen LogP contribution >= 0.6 is 11.6 Å². The summed E-state index contributed by atoms with van der Waals surface area (Å²) in [7, 11) is 0. The summed E-state index contributed by atoms with van der Waals surface area (Å²) in [5.74, 6) is 0. The van der Waals surface area contributed by atoms with Gasteiger partial charge in [0, 0.05) is 23.0 Å². The maximum atomic E-state index is 6.02. The van der Waals surface area contributed by atoms with Gasteiger partial charge in [-0.1, -0.05) is 30.7 Å². The topological polar surface area (TPSA) is 4.93 Å². The summed E-state index contributed by atoms with van der Waals surface area (Å²) >= 11 is 6.02. The van der Waals surface area contributed by atoms with Crippen LogP contribution in [0.1, 0.15) is 19.0 Å². The smallest absolute Gasteiger partial charge is 0.0482 e. The first-order chi connectivity index (χ1) is 7.72. The number of halogens is 1. The predicted octanol–water partition coefficient (Wildman–Crippen LogP) is 4.53. The van der Waals surface area contributed by atoms with Crippen LogP contribution in [0.3, 0.4) is 0 Å². The van der Waals surface area contributed by atoms with Gasteiger partial charge in [0.05, 0.1) is 0 Å². The highest BCUT2D eigenvalue weighted by Gasteiger charge is 2.06. The van der Waals surface area contributed by atoms with Crippen LogP contribution in [-0.4, -0.2) is 4.57 Å². The van der Waals surface area contributed by atoms with Gasteiger partial charge in [0.1, 0.15) is 0 Å². The normalized spacial score (nSPS) is 10.7. The van der Waals surface area contributed by atoms with Crippen LogP contribution in [0.4, 0.5) is 0 Å². The van der Waals surface area contributed by atoms with Crippen LogP contribution < -0.4 is 0 Å². The van der Waals surface area contributed by atoms with Crippen LogP contribution in [0, 0.1) is 6.92 Å². The molecule has 0 saturated carbocycles. The number of benzene rings is 1. The monoisotopic (exact) mass is 233 g/mol. The lowest BCUT2D eigenvalue weighted by molar-refractivity contribution is 0.672. The zero-order chi connectivity index (χ0) is 11.5. The Labute approximate surface area is 102 Å². The molecule has 0 aliphatic carbocycles. The van der Waals surface area contributed by atoms with Gasteiger partial charge < -0.3 is 4.57 Å². The van der Waals surface area contributed by atoms with E-state index < -0.39 is 0 Å². The van der Waals surface area contributed by atoms with Crippen molar-refractivity contribution in [3.8, 4) is 11.3 Å². The quantitative estimate of drug-likeness (QED) is 0.734. The zero-order valence-corrected chi connectivity index (χ0v) is 10.5. The number of nitrogens with zero attached hydrogens (tertiary/aromatic N) is 1. The summed E-state index contributed by atoms with van der Waals surface area (Å²) in [4.78, 5) is 0. The highest BCUT2D eigenvalue weighted by atomic mass is 35.5. The van der Waals surface area contributed by atoms with Crippen LogP contribution in [0.5, 0.6) is 0 Å². The van der Waals surface area contributed by atoms with E-state index in [2.05, 4.69) is 36.6 Å². The molecule has 84 valence electrons. The van der Waals surface area contributed by atoms with Crippen LogP contribution in [0.25, 0.3) is 11.3 Å². The first kappa shape index (κ1) is 11.3. The number of aromatic nitrogens is 1. The summed E-state index contributed by atoms with van der Waals surface area (Å²) in [5.41, 5.74) is 3.74. The van der Waals surface area contributed by atoms with E-state index in [1.165, 1.54) is 17.0 Å². The Morgan fingerprint density at radius 1 is 1.19 bits per heavy atom. The van der Waals surface area contributed by atoms with Gasteiger partial charge in [0.15, 0.2) is 0 Å². The molecular formula is C14H16ClN. The molecule has 0 radical (unpaired) electrons. The first-order valence-electron chi connectivity index (χ1n) is 5.64. The largest absolute Gasteiger partial charge is 0.345 e. The van der Waals surface area contributed by atoms with Crippen molar-refractivity contribution in [3.63, 3.8) is 0 Å². The van der Waals surface area contributed by atoms with Crippen molar-refractivity contribution in [1.82, 2.24) is 4.57 Å². The van der Waals surface area contributed by atoms with Crippen molar-refractivity contribution in [1.29, 1.82) is 0 Å². The summed E-state index contributed by atoms with van der Waals surface area (Å²) in [6, 6.07) is 12.3. The van der Waals surface area contributed by atoms with Gasteiger partial charge in [-0.3, -0.25) is 0 Å². The Morgan fingerprint density at radius 3 is 2.69 bits per heavy atom. The predicted molar refractivity (Wildman–Crippen MR) is 69.9 cm³/mol. The Morgan fingerprint density at radius 2 is 2.00 bits per heavy atom. The van der Waals surface area contributed by atoms with Gasteiger partial charge in [0.2, 0.25) is 0 Å². The maximum absolute atomic E-state index is 6.02. The van der Waals surface area contributed by atoms with E-state index in [-0.39, 0.29) is 0 Å². The molecule has 0 aliphatic heterocycles. The Balaban J connectivity index is 2.47. The minimum atomic E-state index is 0.791. The fourth-order valence-electron chi connectivity index (χ4n) is 1.99. The maximum Gasteiger partial charge on any atom is 0.0482 e. The summed E-state index contributed by atoms with van der Waals surface area (Å²) in [5, 5.41) is 0.791. The third-order valence-corrected chi connectivity index (χ3v) is 3.00. The number of rotatable bonds is 3. The molecule has 0 N–H and O–H groups in total. The number of hydrogen-bond acceptors (Lipinski definition) is 0. The summed E-state index contributed by atoms with van der Waals surface area (Å²) in [6.07, 6.45) is 1.14. The van der Waals surface area contributed by atoms with Crippen molar-refractivity contribution in [2.24, 2.45) is 0 Å². The second-order valence-corrected chi connectivity index (χ2v) is 4.46. The lowest BCUT2D eigenvalue weighted by atomic mass is 10.1. The lowest BCUT2D eigenvalue weighted by Crippen LogP contribution is -2.00. The average Bonchev–Trinajstić information content (AvgIpc) is 2.61. The molecule has 0 aliphatic rings. The number of aryl methyl sites for hydroxylation is 1. The fourth-order valence-corrected chi connectivity index (χ4v) is 2.18. The van der Waals surface area contributed by atoms with Crippen molar-refractivity contribution >= 4 is 11.6 Å². The molecule has 0 saturated heterocycles. The lowest BCUT2D eigenvalue weighted by Gasteiger charge is -2.10. The minimum absolute atomic E-state index is 0.791. The van der Waals surface area contributed by atoms with E-state index in [1.807, 2.05) is 18.2 Å². The SMILES string of the molecule is CCCn1c(C)ccc1-c1cccc(Cl)c1. The molecule has 1 aromatic carbocycles. The highest BCUT2D eigenvalue weighted by molar-refractivity contribution is 6.30. The number of hydrogen-bond donors (Lipinski definition) is 0. The van der Waals surface area contributed by atoms with Gasteiger partial charge in [-0.15, -0.1) is 0 Å². The van der Waals surface area contributed by atoms with Crippen LogP contribution in [0.15, 0.2) is 36.4 Å². The standard InChI is InChI=1S/C14H16ClN/c1-3-9-16-11(2)7-8-14(16)12-5-4-6-13(15)10-12/h4-8,10H,3,9H2,1-2H3. The molecule has 0 unspecified atom stereocenters. The second-order valence-electron chi connectivity index (χ2n) is 4.02. The van der Waals surface area contributed by atoms with E-state index in [1.54, 1.807) is 0 Å². The molecule has 0 spiro atoms. The van der Waals surface area contributed by atoms with Crippen molar-refractivity contribution in [2.45, 2.75) is 26.8 Å². The summed E-state index contributed by atoms with van der Waals surface area (Å²) < 4.78 is 2.34. The van der Waals surface area contributed by atoms with Gasteiger partial charge >= 0.3 is 0 Å². The molecule has 1 aromatic heterocycles. The molecule has 0 amide bonds. The van der Waals surface area contributed by atoms with E-state index in [4.69, 9.17) is 11.6 Å². The molecule has 0 bridgehead atoms. The van der Waals surface area contributed by atoms with Gasteiger partial charge in [0.25, 0.3) is 0 Å². The summed E-state index contributed by atoms with van der Waals surface area (Å²) in [6.45, 7) is 5.39. The van der Waals surface area contributed by atoms with Crippen molar-refractivity contribution in [2.75, 3.05) is 0 Å². The van der Waals surface area contributed by atoms with Gasteiger partial charge in [-0.2, -0.15) is 0 Å². The van der Waals surface area contributed by atoms with E-state index >= 15 is 0 Å². The van der Waals surface area contributed by atoms with Gasteiger partial charge in [-0.05, 0) is 43.2 Å². The fraction of sp³-hybridized carbons (Fsp3) is 0.286. The molecule has 1 nitrogen and oxygen atoms in total. The van der Waals surface area contributed by atoms with Gasteiger partial charge in [-0.25, -0.2) is 0 Å². The minimum Gasteiger partial charge on any atom is -0.345 e. The molecule has 2 rings (SSSR count). The Bertz CT molecular complexity index is 485. The molecule has 2 heteroatoms. The van der Waals surface area contributed by atoms with Crippen molar-refractivity contribution in [3.05, 3.63) is 47.1 Å². The second kappa shape index (κ2) is 4.75. The first-order valence-corrected chi connectivity index (χ1v) is 6.02. The highest BCUT2D eigenvalue weighted by Crippen LogP contribution is 2.25. The molecule has 0 atom stereocenters. The third-order valence-electron chi connectivity index (χ3n) is 2.77. The van der Waals surface area contributed by atoms with Crippen molar-refractivity contribution < 1.29 is 0 Å². The Kier molecular flexibility index (Phi) is 3.35. The molecule has 0 fully saturated rings. The van der Waals surface area contributed by atoms with Crippen LogP contribution in [-0.2, 0) is 6.54 Å². The van der Waals surface area contributed by atoms with E-state index in [0.717, 1.165) is 18.0 Å². The molecule has 1 heterocycles. The molecular weight excluding hydrogens is 218 g/mol. The zero-order valence-electron chi connectivity index (χ0n) is 9.70. The average molecular weight is 234 g/mol. The van der Waals surface area contributed by atoms with E-state index in [0.29, 0.717) is 0 Å². The van der Waals surface area contributed by atoms with Crippen LogP contribution in [0.2, 0.25) is 5.02 Å². The molecule has 2 aromatic rings. The molecule has 16 heavy (non-hydrogen) atoms. The van der Waals surface area contributed by atoms with E-state index in [9.17, 15) is 0 Å². The Hall–Kier alpha value is -1.21.